The van der Waals surface area contributed by atoms with Crippen LogP contribution < -0.4 is 5.32 Å². The van der Waals surface area contributed by atoms with Crippen LogP contribution in [0, 0.1) is 5.92 Å². The highest BCUT2D eigenvalue weighted by Crippen LogP contribution is 2.34. The Balaban J connectivity index is 1.34. The van der Waals surface area contributed by atoms with E-state index >= 15 is 0 Å². The van der Waals surface area contributed by atoms with Crippen molar-refractivity contribution in [1.29, 1.82) is 0 Å². The number of nitrogens with one attached hydrogen (secondary N) is 1. The number of carbonyl (C=O) groups excluding carboxylic acids is 1. The Morgan fingerprint density at radius 1 is 1.22 bits per heavy atom. The number of anilines is 1. The maximum Gasteiger partial charge on any atom is 0.395 e. The van der Waals surface area contributed by atoms with E-state index in [-0.39, 0.29) is 24.7 Å². The number of rotatable bonds is 7. The number of nitrogens with zero attached hydrogens (tertiary/aromatic N) is 4. The van der Waals surface area contributed by atoms with Gasteiger partial charge < -0.3 is 24.3 Å². The first-order chi connectivity index (χ1) is 17.1. The van der Waals surface area contributed by atoms with E-state index in [0.29, 0.717) is 36.4 Å². The normalized spacial score (nSPS) is 22.4. The Morgan fingerprint density at radius 2 is 1.97 bits per heavy atom. The van der Waals surface area contributed by atoms with Crippen molar-refractivity contribution in [3.05, 3.63) is 54.1 Å². The number of hydrogen-bond donors (Lipinski definition) is 1. The summed E-state index contributed by atoms with van der Waals surface area (Å²) in [6.07, 6.45) is 0.778. The van der Waals surface area contributed by atoms with E-state index in [9.17, 15) is 18.0 Å². The van der Waals surface area contributed by atoms with Gasteiger partial charge in [0.2, 0.25) is 0 Å². The van der Waals surface area contributed by atoms with Gasteiger partial charge in [0.1, 0.15) is 18.5 Å². The third-order valence-electron chi connectivity index (χ3n) is 6.48. The number of amides is 1. The van der Waals surface area contributed by atoms with Crippen LogP contribution in [0.1, 0.15) is 25.1 Å². The van der Waals surface area contributed by atoms with Crippen molar-refractivity contribution in [3.63, 3.8) is 0 Å². The topological polar surface area (TPSA) is 81.5 Å². The van der Waals surface area contributed by atoms with Gasteiger partial charge in [-0.15, -0.1) is 10.2 Å². The van der Waals surface area contributed by atoms with Crippen LogP contribution in [0.2, 0.25) is 0 Å². The number of alkyl halides is 3. The molecule has 1 N–H and O–H groups in total. The van der Waals surface area contributed by atoms with Gasteiger partial charge >= 0.3 is 6.18 Å². The molecule has 1 saturated heterocycles. The van der Waals surface area contributed by atoms with Gasteiger partial charge in [0, 0.05) is 24.3 Å². The van der Waals surface area contributed by atoms with E-state index in [2.05, 4.69) is 20.4 Å². The standard InChI is InChI=1S/C25H30F3N5O3/c1-32(2)19-11-12-21(36-14-19)24(34)29-18-9-7-16(8-10-18)23-31-30-22(33(23)3)15-35-20-6-4-5-17(13-20)25(26,27)28/h4,6-10,13,17,19,21H,5,11-12,14-15H2,1-3H3,(H,29,34)/t17?,19-,21+/m1/s1. The predicted molar refractivity (Wildman–Crippen MR) is 128 cm³/mol. The number of halogens is 3. The molecule has 8 nitrogen and oxygen atoms in total. The third kappa shape index (κ3) is 6.14. The van der Waals surface area contributed by atoms with Crippen LogP contribution in [0.25, 0.3) is 11.4 Å². The fourth-order valence-electron chi connectivity index (χ4n) is 4.14. The molecule has 11 heteroatoms. The van der Waals surface area contributed by atoms with Crippen molar-refractivity contribution >= 4 is 11.6 Å². The quantitative estimate of drug-likeness (QED) is 0.611. The summed E-state index contributed by atoms with van der Waals surface area (Å²) in [5, 5.41) is 11.2. The maximum atomic E-state index is 13.0. The Kier molecular flexibility index (Phi) is 7.79. The fourth-order valence-corrected chi connectivity index (χ4v) is 4.14. The first-order valence-electron chi connectivity index (χ1n) is 11.8. The maximum absolute atomic E-state index is 13.0. The Morgan fingerprint density at radius 3 is 2.61 bits per heavy atom. The Bertz CT molecular complexity index is 1120. The number of benzene rings is 1. The summed E-state index contributed by atoms with van der Waals surface area (Å²) in [5.74, 6) is -0.523. The summed E-state index contributed by atoms with van der Waals surface area (Å²) in [7, 11) is 5.76. The van der Waals surface area contributed by atoms with Gasteiger partial charge in [-0.2, -0.15) is 13.2 Å². The molecule has 3 atom stereocenters. The average Bonchev–Trinajstić information content (AvgIpc) is 3.23. The van der Waals surface area contributed by atoms with Crippen LogP contribution in [-0.4, -0.2) is 64.6 Å². The lowest BCUT2D eigenvalue weighted by molar-refractivity contribution is -0.161. The minimum Gasteiger partial charge on any atom is -0.486 e. The van der Waals surface area contributed by atoms with E-state index in [1.807, 2.05) is 26.2 Å². The van der Waals surface area contributed by atoms with Crippen LogP contribution in [0.4, 0.5) is 18.9 Å². The summed E-state index contributed by atoms with van der Waals surface area (Å²) >= 11 is 0. The molecular formula is C25H30F3N5O3. The first-order valence-corrected chi connectivity index (χ1v) is 11.8. The van der Waals surface area contributed by atoms with Crippen LogP contribution in [0.15, 0.2) is 48.3 Å². The molecule has 0 saturated carbocycles. The van der Waals surface area contributed by atoms with Crippen molar-refractivity contribution in [2.45, 2.75) is 44.2 Å². The van der Waals surface area contributed by atoms with Crippen LogP contribution in [0.5, 0.6) is 0 Å². The predicted octanol–water partition coefficient (Wildman–Crippen LogP) is 4.07. The second-order valence-electron chi connectivity index (χ2n) is 9.23. The highest BCUT2D eigenvalue weighted by molar-refractivity contribution is 5.94. The van der Waals surface area contributed by atoms with Crippen LogP contribution in [-0.2, 0) is 27.9 Å². The SMILES string of the molecule is CN(C)[C@@H]1CC[C@@H](C(=O)Nc2ccc(-c3nnc(COC4=CC(C(F)(F)F)CC=C4)n3C)cc2)OC1. The van der Waals surface area contributed by atoms with Crippen molar-refractivity contribution in [3.8, 4) is 11.4 Å². The summed E-state index contributed by atoms with van der Waals surface area (Å²) < 4.78 is 51.9. The number of aromatic nitrogens is 3. The molecule has 1 amide bonds. The van der Waals surface area contributed by atoms with Crippen molar-refractivity contribution in [1.82, 2.24) is 19.7 Å². The summed E-state index contributed by atoms with van der Waals surface area (Å²) in [5.41, 5.74) is 1.41. The number of likely N-dealkylation sites (N-methyl/N-ethyl adjacent to an activating group) is 1. The minimum absolute atomic E-state index is 0.0194. The molecule has 0 bridgehead atoms. The molecule has 1 aliphatic carbocycles. The molecule has 1 unspecified atom stereocenters. The lowest BCUT2D eigenvalue weighted by Gasteiger charge is -2.32. The summed E-state index contributed by atoms with van der Waals surface area (Å²) in [4.78, 5) is 14.7. The van der Waals surface area contributed by atoms with Gasteiger partial charge in [0.15, 0.2) is 11.6 Å². The number of allylic oxidation sites excluding steroid dienone is 3. The second-order valence-corrected chi connectivity index (χ2v) is 9.23. The summed E-state index contributed by atoms with van der Waals surface area (Å²) in [6.45, 7) is 0.507. The molecule has 2 heterocycles. The number of ether oxygens (including phenoxy) is 2. The van der Waals surface area contributed by atoms with Crippen molar-refractivity contribution < 1.29 is 27.4 Å². The van der Waals surface area contributed by atoms with Gasteiger partial charge in [-0.25, -0.2) is 0 Å². The molecule has 1 fully saturated rings. The molecule has 2 aromatic rings. The number of hydrogen-bond acceptors (Lipinski definition) is 6. The lowest BCUT2D eigenvalue weighted by Crippen LogP contribution is -2.43. The smallest absolute Gasteiger partial charge is 0.395 e. The zero-order valence-corrected chi connectivity index (χ0v) is 20.5. The van der Waals surface area contributed by atoms with E-state index in [0.717, 1.165) is 18.1 Å². The third-order valence-corrected chi connectivity index (χ3v) is 6.48. The molecule has 0 spiro atoms. The summed E-state index contributed by atoms with van der Waals surface area (Å²) in [6, 6.07) is 7.50. The minimum atomic E-state index is -4.30. The zero-order chi connectivity index (χ0) is 25.9. The van der Waals surface area contributed by atoms with E-state index < -0.39 is 18.2 Å². The van der Waals surface area contributed by atoms with Gasteiger partial charge in [0.05, 0.1) is 12.5 Å². The Hall–Kier alpha value is -3.18. The fraction of sp³-hybridized carbons (Fsp3) is 0.480. The molecule has 2 aliphatic rings. The van der Waals surface area contributed by atoms with Crippen LogP contribution >= 0.6 is 0 Å². The second kappa shape index (κ2) is 10.8. The molecule has 1 aromatic heterocycles. The van der Waals surface area contributed by atoms with Gasteiger partial charge in [-0.05, 0) is 69.8 Å². The van der Waals surface area contributed by atoms with E-state index in [1.54, 1.807) is 23.7 Å². The monoisotopic (exact) mass is 505 g/mol. The Labute approximate surface area is 207 Å². The molecule has 194 valence electrons. The molecule has 1 aliphatic heterocycles. The van der Waals surface area contributed by atoms with E-state index in [4.69, 9.17) is 9.47 Å². The van der Waals surface area contributed by atoms with Gasteiger partial charge in [-0.1, -0.05) is 6.08 Å². The highest BCUT2D eigenvalue weighted by atomic mass is 19.4. The largest absolute Gasteiger partial charge is 0.486 e. The van der Waals surface area contributed by atoms with Crippen molar-refractivity contribution in [2.75, 3.05) is 26.0 Å². The van der Waals surface area contributed by atoms with Crippen LogP contribution in [0.3, 0.4) is 0 Å². The van der Waals surface area contributed by atoms with E-state index in [1.165, 1.54) is 12.2 Å². The van der Waals surface area contributed by atoms with Gasteiger partial charge in [0.25, 0.3) is 5.91 Å². The molecule has 36 heavy (non-hydrogen) atoms. The molecule has 4 rings (SSSR count). The highest BCUT2D eigenvalue weighted by Gasteiger charge is 2.38. The van der Waals surface area contributed by atoms with Crippen molar-refractivity contribution in [2.24, 2.45) is 13.0 Å². The first kappa shape index (κ1) is 25.9. The molecule has 0 radical (unpaired) electrons. The lowest BCUT2D eigenvalue weighted by atomic mass is 9.99. The zero-order valence-electron chi connectivity index (χ0n) is 20.5. The average molecular weight is 506 g/mol. The molecule has 1 aromatic carbocycles. The molecular weight excluding hydrogens is 475 g/mol. The van der Waals surface area contributed by atoms with Gasteiger partial charge in [-0.3, -0.25) is 4.79 Å². The number of carbonyl (C=O) groups is 1.